The lowest BCUT2D eigenvalue weighted by atomic mass is 9.98. The second kappa shape index (κ2) is 9.07. The van der Waals surface area contributed by atoms with E-state index in [0.717, 1.165) is 16.8 Å². The Morgan fingerprint density at radius 3 is 2.38 bits per heavy atom. The number of halogens is 1. The largest absolute Gasteiger partial charge is 0.366 e. The molecule has 0 aromatic heterocycles. The summed E-state index contributed by atoms with van der Waals surface area (Å²) in [5.41, 5.74) is 3.39. The molecular formula is C23H28FN3O2. The Hall–Kier alpha value is -2.89. The van der Waals surface area contributed by atoms with Gasteiger partial charge in [-0.2, -0.15) is 0 Å². The third kappa shape index (κ3) is 4.94. The summed E-state index contributed by atoms with van der Waals surface area (Å²) in [6, 6.07) is 12.6. The molecule has 1 saturated heterocycles. The number of nitrogens with zero attached hydrogens (tertiary/aromatic N) is 2. The zero-order chi connectivity index (χ0) is 21.0. The summed E-state index contributed by atoms with van der Waals surface area (Å²) in [6.45, 7) is 8.14. The highest BCUT2D eigenvalue weighted by molar-refractivity contribution is 6.04. The van der Waals surface area contributed by atoms with Crippen LogP contribution in [0, 0.1) is 12.7 Å². The number of benzene rings is 2. The van der Waals surface area contributed by atoms with E-state index in [9.17, 15) is 14.0 Å². The normalized spacial score (nSPS) is 14.2. The molecule has 2 aromatic carbocycles. The van der Waals surface area contributed by atoms with E-state index in [1.807, 2.05) is 30.0 Å². The van der Waals surface area contributed by atoms with Gasteiger partial charge < -0.3 is 15.1 Å². The van der Waals surface area contributed by atoms with Crippen LogP contribution in [0.2, 0.25) is 0 Å². The average molecular weight is 397 g/mol. The van der Waals surface area contributed by atoms with Crippen LogP contribution in [-0.4, -0.2) is 42.9 Å². The lowest BCUT2D eigenvalue weighted by Crippen LogP contribution is -2.49. The molecule has 3 rings (SSSR count). The molecule has 0 bridgehead atoms. The summed E-state index contributed by atoms with van der Waals surface area (Å²) in [4.78, 5) is 28.7. The number of aryl methyl sites for hydroxylation is 1. The number of piperazine rings is 1. The first-order chi connectivity index (χ1) is 13.9. The van der Waals surface area contributed by atoms with Gasteiger partial charge in [-0.05, 0) is 36.1 Å². The maximum Gasteiger partial charge on any atom is 0.233 e. The van der Waals surface area contributed by atoms with Gasteiger partial charge in [0.1, 0.15) is 12.2 Å². The Morgan fingerprint density at radius 1 is 1.03 bits per heavy atom. The highest BCUT2D eigenvalue weighted by Gasteiger charge is 2.24. The van der Waals surface area contributed by atoms with Crippen molar-refractivity contribution in [3.63, 3.8) is 0 Å². The molecule has 1 aliphatic heterocycles. The molecule has 6 heteroatoms. The minimum atomic E-state index is -0.303. The molecule has 0 unspecified atom stereocenters. The number of amides is 2. The Kier molecular flexibility index (Phi) is 6.52. The van der Waals surface area contributed by atoms with Crippen LogP contribution in [0.4, 0.5) is 15.8 Å². The van der Waals surface area contributed by atoms with Crippen LogP contribution in [0.15, 0.2) is 42.5 Å². The van der Waals surface area contributed by atoms with Crippen molar-refractivity contribution in [3.8, 4) is 0 Å². The van der Waals surface area contributed by atoms with Crippen LogP contribution in [-0.2, 0) is 9.59 Å². The Balaban J connectivity index is 1.57. The summed E-state index contributed by atoms with van der Waals surface area (Å²) >= 11 is 0. The number of carbonyl (C=O) groups excluding carboxylic acids is 2. The van der Waals surface area contributed by atoms with Crippen LogP contribution in [0.25, 0.3) is 0 Å². The van der Waals surface area contributed by atoms with Crippen LogP contribution < -0.4 is 10.2 Å². The molecule has 1 aliphatic rings. The van der Waals surface area contributed by atoms with E-state index in [1.165, 1.54) is 6.07 Å². The second-order valence-corrected chi connectivity index (χ2v) is 7.74. The van der Waals surface area contributed by atoms with Crippen molar-refractivity contribution in [2.75, 3.05) is 36.4 Å². The lowest BCUT2D eigenvalue weighted by Gasteiger charge is -2.36. The first kappa shape index (κ1) is 20.8. The summed E-state index contributed by atoms with van der Waals surface area (Å²) in [7, 11) is 0. The SMILES string of the molecule is Cc1cccc(C(C)C)c1NC(=O)CC(=O)N1CCN(c2ccccc2F)CC1. The van der Waals surface area contributed by atoms with Gasteiger partial charge in [0, 0.05) is 31.9 Å². The Bertz CT molecular complexity index is 889. The van der Waals surface area contributed by atoms with Gasteiger partial charge in [-0.25, -0.2) is 4.39 Å². The van der Waals surface area contributed by atoms with E-state index in [1.54, 1.807) is 23.1 Å². The number of hydrogen-bond donors (Lipinski definition) is 1. The lowest BCUT2D eigenvalue weighted by molar-refractivity contribution is -0.134. The van der Waals surface area contributed by atoms with Gasteiger partial charge in [-0.15, -0.1) is 0 Å². The molecule has 0 aliphatic carbocycles. The van der Waals surface area contributed by atoms with Crippen molar-refractivity contribution < 1.29 is 14.0 Å². The van der Waals surface area contributed by atoms with Crippen molar-refractivity contribution in [3.05, 3.63) is 59.4 Å². The van der Waals surface area contributed by atoms with Crippen LogP contribution >= 0.6 is 0 Å². The van der Waals surface area contributed by atoms with Crippen molar-refractivity contribution in [1.29, 1.82) is 0 Å². The smallest absolute Gasteiger partial charge is 0.233 e. The quantitative estimate of drug-likeness (QED) is 0.778. The number of rotatable bonds is 5. The second-order valence-electron chi connectivity index (χ2n) is 7.74. The predicted octanol–water partition coefficient (Wildman–Crippen LogP) is 3.93. The van der Waals surface area contributed by atoms with Crippen molar-refractivity contribution in [2.24, 2.45) is 0 Å². The molecule has 2 amide bonds. The Labute approximate surface area is 171 Å². The predicted molar refractivity (Wildman–Crippen MR) is 114 cm³/mol. The first-order valence-electron chi connectivity index (χ1n) is 10.0. The van der Waals surface area contributed by atoms with Gasteiger partial charge in [-0.3, -0.25) is 9.59 Å². The van der Waals surface area contributed by atoms with E-state index in [2.05, 4.69) is 19.2 Å². The van der Waals surface area contributed by atoms with E-state index in [0.29, 0.717) is 31.9 Å². The molecule has 2 aromatic rings. The third-order valence-electron chi connectivity index (χ3n) is 5.33. The maximum absolute atomic E-state index is 14.0. The number of hydrogen-bond acceptors (Lipinski definition) is 3. The number of carbonyl (C=O) groups is 2. The van der Waals surface area contributed by atoms with Crippen molar-refractivity contribution >= 4 is 23.2 Å². The van der Waals surface area contributed by atoms with E-state index in [-0.39, 0.29) is 30.0 Å². The molecule has 5 nitrogen and oxygen atoms in total. The third-order valence-corrected chi connectivity index (χ3v) is 5.33. The molecular weight excluding hydrogens is 369 g/mol. The van der Waals surface area contributed by atoms with E-state index >= 15 is 0 Å². The van der Waals surface area contributed by atoms with Gasteiger partial charge in [0.15, 0.2) is 0 Å². The monoisotopic (exact) mass is 397 g/mol. The molecule has 1 N–H and O–H groups in total. The topological polar surface area (TPSA) is 52.7 Å². The van der Waals surface area contributed by atoms with E-state index < -0.39 is 0 Å². The van der Waals surface area contributed by atoms with Gasteiger partial charge in [-0.1, -0.05) is 44.2 Å². The maximum atomic E-state index is 14.0. The summed E-state index contributed by atoms with van der Waals surface area (Å²) < 4.78 is 14.0. The molecule has 29 heavy (non-hydrogen) atoms. The zero-order valence-corrected chi connectivity index (χ0v) is 17.2. The van der Waals surface area contributed by atoms with Crippen LogP contribution in [0.5, 0.6) is 0 Å². The van der Waals surface area contributed by atoms with E-state index in [4.69, 9.17) is 0 Å². The first-order valence-corrected chi connectivity index (χ1v) is 10.0. The van der Waals surface area contributed by atoms with Gasteiger partial charge in [0.2, 0.25) is 11.8 Å². The summed E-state index contributed by atoms with van der Waals surface area (Å²) in [5.74, 6) is -0.490. The minimum absolute atomic E-state index is 0.189. The molecule has 154 valence electrons. The fourth-order valence-corrected chi connectivity index (χ4v) is 3.68. The molecule has 0 atom stereocenters. The molecule has 0 saturated carbocycles. The summed E-state index contributed by atoms with van der Waals surface area (Å²) in [6.07, 6.45) is -0.189. The standard InChI is InChI=1S/C23H28FN3O2/c1-16(2)18-8-6-7-17(3)23(18)25-21(28)15-22(29)27-13-11-26(12-14-27)20-10-5-4-9-19(20)24/h4-10,16H,11-15H2,1-3H3,(H,25,28). The molecule has 1 fully saturated rings. The van der Waals surface area contributed by atoms with Crippen molar-refractivity contribution in [1.82, 2.24) is 4.90 Å². The minimum Gasteiger partial charge on any atom is -0.366 e. The van der Waals surface area contributed by atoms with Gasteiger partial charge in [0.25, 0.3) is 0 Å². The number of nitrogens with one attached hydrogen (secondary N) is 1. The summed E-state index contributed by atoms with van der Waals surface area (Å²) in [5, 5.41) is 2.93. The highest BCUT2D eigenvalue weighted by atomic mass is 19.1. The molecule has 0 spiro atoms. The highest BCUT2D eigenvalue weighted by Crippen LogP contribution is 2.27. The fourth-order valence-electron chi connectivity index (χ4n) is 3.68. The number of para-hydroxylation sites is 2. The fraction of sp³-hybridized carbons (Fsp3) is 0.391. The van der Waals surface area contributed by atoms with Crippen LogP contribution in [0.3, 0.4) is 0 Å². The van der Waals surface area contributed by atoms with Gasteiger partial charge >= 0.3 is 0 Å². The van der Waals surface area contributed by atoms with Crippen LogP contribution in [0.1, 0.15) is 37.3 Å². The number of anilines is 2. The zero-order valence-electron chi connectivity index (χ0n) is 17.2. The average Bonchev–Trinajstić information content (AvgIpc) is 2.70. The van der Waals surface area contributed by atoms with Gasteiger partial charge in [0.05, 0.1) is 5.69 Å². The molecule has 0 radical (unpaired) electrons. The molecule has 1 heterocycles. The van der Waals surface area contributed by atoms with Crippen molar-refractivity contribution in [2.45, 2.75) is 33.1 Å². The Morgan fingerprint density at radius 2 is 1.72 bits per heavy atom.